The van der Waals surface area contributed by atoms with E-state index in [4.69, 9.17) is 19.7 Å². The Labute approximate surface area is 233 Å². The lowest BCUT2D eigenvalue weighted by Crippen LogP contribution is -2.52. The van der Waals surface area contributed by atoms with Gasteiger partial charge in [0.25, 0.3) is 10.1 Å². The topological polar surface area (TPSA) is 269 Å². The van der Waals surface area contributed by atoms with E-state index in [0.717, 1.165) is 21.9 Å². The van der Waals surface area contributed by atoms with Crippen molar-refractivity contribution in [1.82, 2.24) is 14.7 Å². The minimum atomic E-state index is -4.85. The van der Waals surface area contributed by atoms with Gasteiger partial charge in [-0.15, -0.1) is 0 Å². The van der Waals surface area contributed by atoms with E-state index in [9.17, 15) is 52.3 Å². The molecule has 0 saturated carbocycles. The molecule has 0 bridgehead atoms. The SMILES string of the molecule is COc1ccc(OCC(CN(CCN(CC(=O)O)CC(=O)O)CC(=O)O)N(CC(=O)O)CC(=O)O)c(S(=O)(=O)O)c1. The third-order valence-corrected chi connectivity index (χ3v) is 6.21. The summed E-state index contributed by atoms with van der Waals surface area (Å²) in [5, 5.41) is 46.1. The van der Waals surface area contributed by atoms with Gasteiger partial charge in [-0.2, -0.15) is 8.42 Å². The lowest BCUT2D eigenvalue weighted by atomic mass is 10.2. The van der Waals surface area contributed by atoms with E-state index in [0.29, 0.717) is 0 Å². The fourth-order valence-corrected chi connectivity index (χ4v) is 4.31. The van der Waals surface area contributed by atoms with Crippen molar-refractivity contribution in [3.05, 3.63) is 18.2 Å². The summed E-state index contributed by atoms with van der Waals surface area (Å²) in [6.45, 7) is -5.23. The minimum Gasteiger partial charge on any atom is -0.497 e. The number of rotatable bonds is 21. The number of methoxy groups -OCH3 is 1. The Morgan fingerprint density at radius 2 is 1.24 bits per heavy atom. The summed E-state index contributed by atoms with van der Waals surface area (Å²) in [5.74, 6) is -7.30. The highest BCUT2D eigenvalue weighted by Gasteiger charge is 2.29. The minimum absolute atomic E-state index is 0.0415. The summed E-state index contributed by atoms with van der Waals surface area (Å²) in [7, 11) is -3.61. The molecule has 0 aliphatic carbocycles. The molecule has 6 N–H and O–H groups in total. The monoisotopic (exact) mass is 609 g/mol. The predicted molar refractivity (Wildman–Crippen MR) is 135 cm³/mol. The van der Waals surface area contributed by atoms with Gasteiger partial charge < -0.3 is 35.0 Å². The number of ether oxygens (including phenoxy) is 2. The van der Waals surface area contributed by atoms with Gasteiger partial charge in [0.05, 0.1) is 45.9 Å². The Morgan fingerprint density at radius 1 is 0.780 bits per heavy atom. The molecule has 230 valence electrons. The van der Waals surface area contributed by atoms with Crippen LogP contribution in [-0.2, 0) is 34.1 Å². The van der Waals surface area contributed by atoms with Gasteiger partial charge in [-0.3, -0.25) is 43.2 Å². The predicted octanol–water partition coefficient (Wildman–Crippen LogP) is -1.98. The quantitative estimate of drug-likeness (QED) is 0.0824. The zero-order valence-electron chi connectivity index (χ0n) is 21.8. The van der Waals surface area contributed by atoms with Gasteiger partial charge in [0.2, 0.25) is 0 Å². The zero-order chi connectivity index (χ0) is 31.3. The molecule has 1 atom stereocenters. The van der Waals surface area contributed by atoms with Crippen molar-refractivity contribution in [2.45, 2.75) is 10.9 Å². The second-order valence-electron chi connectivity index (χ2n) is 8.57. The van der Waals surface area contributed by atoms with E-state index in [1.807, 2.05) is 0 Å². The van der Waals surface area contributed by atoms with Gasteiger partial charge in [0.1, 0.15) is 23.0 Å². The molecular weight excluding hydrogens is 578 g/mol. The van der Waals surface area contributed by atoms with Crippen molar-refractivity contribution in [3.63, 3.8) is 0 Å². The summed E-state index contributed by atoms with van der Waals surface area (Å²) >= 11 is 0. The molecule has 19 heteroatoms. The number of nitrogens with zero attached hydrogens (tertiary/aromatic N) is 3. The van der Waals surface area contributed by atoms with Crippen LogP contribution in [0.1, 0.15) is 0 Å². The van der Waals surface area contributed by atoms with Gasteiger partial charge >= 0.3 is 29.8 Å². The first kappa shape index (κ1) is 35.0. The second kappa shape index (κ2) is 16.3. The number of carboxylic acids is 5. The number of carbonyl (C=O) groups is 5. The molecule has 1 aromatic carbocycles. The molecule has 1 rings (SSSR count). The van der Waals surface area contributed by atoms with Gasteiger partial charge in [0, 0.05) is 25.7 Å². The van der Waals surface area contributed by atoms with Crippen LogP contribution < -0.4 is 9.47 Å². The maximum Gasteiger partial charge on any atom is 0.317 e. The Kier molecular flexibility index (Phi) is 13.9. The molecule has 1 unspecified atom stereocenters. The van der Waals surface area contributed by atoms with Crippen LogP contribution in [-0.4, -0.2) is 155 Å². The van der Waals surface area contributed by atoms with Crippen LogP contribution >= 0.6 is 0 Å². The molecule has 0 aromatic heterocycles. The zero-order valence-corrected chi connectivity index (χ0v) is 22.6. The molecule has 0 amide bonds. The van der Waals surface area contributed by atoms with E-state index >= 15 is 0 Å². The van der Waals surface area contributed by atoms with Crippen molar-refractivity contribution in [2.24, 2.45) is 0 Å². The maximum absolute atomic E-state index is 11.9. The molecule has 0 spiro atoms. The van der Waals surface area contributed by atoms with Gasteiger partial charge in [-0.25, -0.2) is 0 Å². The number of hydrogen-bond acceptors (Lipinski definition) is 12. The number of aliphatic carboxylic acids is 5. The second-order valence-corrected chi connectivity index (χ2v) is 9.96. The summed E-state index contributed by atoms with van der Waals surface area (Å²) in [6, 6.07) is 2.15. The van der Waals surface area contributed by atoms with Gasteiger partial charge in [-0.1, -0.05) is 0 Å². The Morgan fingerprint density at radius 3 is 1.68 bits per heavy atom. The molecule has 18 nitrogen and oxygen atoms in total. The smallest absolute Gasteiger partial charge is 0.317 e. The van der Waals surface area contributed by atoms with Crippen LogP contribution in [0.5, 0.6) is 11.5 Å². The van der Waals surface area contributed by atoms with Crippen LogP contribution in [0.2, 0.25) is 0 Å². The largest absolute Gasteiger partial charge is 0.497 e. The van der Waals surface area contributed by atoms with Crippen molar-refractivity contribution in [2.75, 3.05) is 66.1 Å². The van der Waals surface area contributed by atoms with Crippen molar-refractivity contribution in [3.8, 4) is 11.5 Å². The van der Waals surface area contributed by atoms with Crippen LogP contribution in [0.25, 0.3) is 0 Å². The van der Waals surface area contributed by atoms with Crippen molar-refractivity contribution in [1.29, 1.82) is 0 Å². The van der Waals surface area contributed by atoms with Gasteiger partial charge in [0.15, 0.2) is 0 Å². The van der Waals surface area contributed by atoms with Crippen LogP contribution in [0, 0.1) is 0 Å². The Hall–Kier alpha value is -4.04. The summed E-state index contributed by atoms with van der Waals surface area (Å²) in [6.07, 6.45) is 0. The lowest BCUT2D eigenvalue weighted by Gasteiger charge is -2.34. The van der Waals surface area contributed by atoms with Crippen molar-refractivity contribution >= 4 is 40.0 Å². The van der Waals surface area contributed by atoms with Crippen LogP contribution in [0.4, 0.5) is 0 Å². The summed E-state index contributed by atoms with van der Waals surface area (Å²) < 4.78 is 43.8. The fraction of sp³-hybridized carbons (Fsp3) is 0.500. The maximum atomic E-state index is 11.9. The van der Waals surface area contributed by atoms with E-state index in [-0.39, 0.29) is 18.8 Å². The Balaban J connectivity index is 3.37. The van der Waals surface area contributed by atoms with Gasteiger partial charge in [-0.05, 0) is 12.1 Å². The van der Waals surface area contributed by atoms with Crippen LogP contribution in [0.15, 0.2) is 23.1 Å². The van der Waals surface area contributed by atoms with E-state index < -0.39 is 103 Å². The van der Waals surface area contributed by atoms with E-state index in [2.05, 4.69) is 0 Å². The number of carboxylic acid groups (broad SMARTS) is 5. The fourth-order valence-electron chi connectivity index (χ4n) is 3.66. The first-order valence-electron chi connectivity index (χ1n) is 11.6. The van der Waals surface area contributed by atoms with Crippen LogP contribution in [0.3, 0.4) is 0 Å². The molecule has 0 radical (unpaired) electrons. The summed E-state index contributed by atoms with van der Waals surface area (Å²) in [5.41, 5.74) is 0. The molecule has 0 heterocycles. The number of hydrogen-bond donors (Lipinski definition) is 6. The standard InChI is InChI=1S/C22H31N3O15S/c1-39-15-2-3-16(17(6-15)41(36,37)38)40-13-14(25(11-21(32)33)12-22(34)35)7-23(8-18(26)27)4-5-24(9-19(28)29)10-20(30)31/h2-3,6,14H,4-5,7-13H2,1H3,(H,26,27)(H,28,29)(H,30,31)(H,32,33)(H,34,35)(H,36,37,38). The average Bonchev–Trinajstić information content (AvgIpc) is 2.82. The number of benzene rings is 1. The third-order valence-electron chi connectivity index (χ3n) is 5.33. The van der Waals surface area contributed by atoms with Crippen molar-refractivity contribution < 1.29 is 71.9 Å². The highest BCUT2D eigenvalue weighted by molar-refractivity contribution is 7.86. The molecule has 0 saturated heterocycles. The lowest BCUT2D eigenvalue weighted by molar-refractivity contribution is -0.144. The van der Waals surface area contributed by atoms with E-state index in [1.165, 1.54) is 18.1 Å². The molecule has 1 aromatic rings. The highest BCUT2D eigenvalue weighted by Crippen LogP contribution is 2.28. The first-order valence-corrected chi connectivity index (χ1v) is 13.0. The Bertz CT molecular complexity index is 1170. The average molecular weight is 610 g/mol. The third kappa shape index (κ3) is 13.7. The molecule has 0 aliphatic rings. The molecular formula is C22H31N3O15S. The normalized spacial score (nSPS) is 12.3. The molecule has 0 aliphatic heterocycles. The van der Waals surface area contributed by atoms with E-state index in [1.54, 1.807) is 0 Å². The summed E-state index contributed by atoms with van der Waals surface area (Å²) in [4.78, 5) is 59.1. The molecule has 41 heavy (non-hydrogen) atoms. The highest BCUT2D eigenvalue weighted by atomic mass is 32.2. The first-order chi connectivity index (χ1) is 19.0. The molecule has 0 fully saturated rings.